The van der Waals surface area contributed by atoms with Crippen LogP contribution in [0.15, 0.2) is 0 Å². The molecule has 2 atom stereocenters. The Morgan fingerprint density at radius 2 is 2.17 bits per heavy atom. The molecule has 0 amide bonds. The molecule has 0 aromatic carbocycles. The number of piperidine rings is 1. The fraction of sp³-hybridized carbons (Fsp3) is 0.909. The molecule has 1 fully saturated rings. The molecule has 2 unspecified atom stereocenters. The molecular weight excluding hydrogens is 256 g/mol. The summed E-state index contributed by atoms with van der Waals surface area (Å²) in [7, 11) is -3.50. The van der Waals surface area contributed by atoms with Crippen molar-refractivity contribution in [3.05, 3.63) is 0 Å². The van der Waals surface area contributed by atoms with Crippen LogP contribution >= 0.6 is 0 Å². The monoisotopic (exact) mass is 278 g/mol. The van der Waals surface area contributed by atoms with Crippen LogP contribution in [-0.2, 0) is 14.8 Å². The van der Waals surface area contributed by atoms with Crippen molar-refractivity contribution >= 4 is 16.0 Å². The second-order valence-corrected chi connectivity index (χ2v) is 6.80. The van der Waals surface area contributed by atoms with E-state index in [1.165, 1.54) is 4.31 Å². The molecule has 1 rings (SSSR count). The van der Waals surface area contributed by atoms with Crippen molar-refractivity contribution in [2.45, 2.75) is 38.6 Å². The first kappa shape index (κ1) is 15.4. The van der Waals surface area contributed by atoms with Gasteiger partial charge in [-0.2, -0.15) is 4.31 Å². The Morgan fingerprint density at radius 3 is 2.67 bits per heavy atom. The molecule has 1 aliphatic heterocycles. The highest BCUT2D eigenvalue weighted by molar-refractivity contribution is 7.89. The Kier molecular flexibility index (Phi) is 5.55. The Balaban J connectivity index is 2.71. The Bertz CT molecular complexity index is 383. The van der Waals surface area contributed by atoms with Crippen LogP contribution in [0.3, 0.4) is 0 Å². The van der Waals surface area contributed by atoms with Crippen molar-refractivity contribution in [3.8, 4) is 0 Å². The van der Waals surface area contributed by atoms with Gasteiger partial charge in [0.2, 0.25) is 10.0 Å². The van der Waals surface area contributed by atoms with E-state index in [-0.39, 0.29) is 18.2 Å². The number of hydrogen-bond donors (Lipinski definition) is 2. The van der Waals surface area contributed by atoms with E-state index in [0.717, 1.165) is 19.3 Å². The first-order chi connectivity index (χ1) is 8.40. The number of sulfonamides is 1. The van der Waals surface area contributed by atoms with Gasteiger partial charge in [0.25, 0.3) is 0 Å². The molecule has 106 valence electrons. The van der Waals surface area contributed by atoms with Crippen LogP contribution in [0, 0.1) is 5.92 Å². The standard InChI is InChI=1S/C11H22N2O4S/c1-2-9-3-5-13(10(7-9)8-12)18(16,17)6-4-11(14)15/h9-10H,2-8,12H2,1H3,(H,14,15). The third kappa shape index (κ3) is 3.93. The molecule has 6 nitrogen and oxygen atoms in total. The summed E-state index contributed by atoms with van der Waals surface area (Å²) in [6.45, 7) is 2.85. The topological polar surface area (TPSA) is 101 Å². The molecule has 0 aromatic rings. The molecule has 0 bridgehead atoms. The summed E-state index contributed by atoms with van der Waals surface area (Å²) in [4.78, 5) is 10.5. The lowest BCUT2D eigenvalue weighted by Gasteiger charge is -2.37. The highest BCUT2D eigenvalue weighted by Gasteiger charge is 2.34. The molecule has 0 aliphatic carbocycles. The molecule has 0 radical (unpaired) electrons. The van der Waals surface area contributed by atoms with Crippen LogP contribution in [0.1, 0.15) is 32.6 Å². The average Bonchev–Trinajstić information content (AvgIpc) is 2.35. The van der Waals surface area contributed by atoms with E-state index in [1.807, 2.05) is 0 Å². The van der Waals surface area contributed by atoms with Crippen LogP contribution < -0.4 is 5.73 Å². The lowest BCUT2D eigenvalue weighted by molar-refractivity contribution is -0.136. The van der Waals surface area contributed by atoms with Crippen molar-refractivity contribution in [2.24, 2.45) is 11.7 Å². The molecule has 1 saturated heterocycles. The zero-order valence-corrected chi connectivity index (χ0v) is 11.5. The van der Waals surface area contributed by atoms with Gasteiger partial charge in [0, 0.05) is 19.1 Å². The van der Waals surface area contributed by atoms with Gasteiger partial charge >= 0.3 is 5.97 Å². The van der Waals surface area contributed by atoms with Gasteiger partial charge in [-0.15, -0.1) is 0 Å². The summed E-state index contributed by atoms with van der Waals surface area (Å²) in [5.74, 6) is -0.911. The zero-order chi connectivity index (χ0) is 13.8. The summed E-state index contributed by atoms with van der Waals surface area (Å²) in [6, 6.07) is -0.178. The second kappa shape index (κ2) is 6.49. The van der Waals surface area contributed by atoms with Crippen molar-refractivity contribution < 1.29 is 18.3 Å². The Morgan fingerprint density at radius 1 is 1.50 bits per heavy atom. The highest BCUT2D eigenvalue weighted by Crippen LogP contribution is 2.27. The highest BCUT2D eigenvalue weighted by atomic mass is 32.2. The van der Waals surface area contributed by atoms with Gasteiger partial charge in [0.05, 0.1) is 12.2 Å². The van der Waals surface area contributed by atoms with Gasteiger partial charge in [0.1, 0.15) is 0 Å². The van der Waals surface area contributed by atoms with Crippen LogP contribution in [-0.4, -0.2) is 48.7 Å². The summed E-state index contributed by atoms with van der Waals surface area (Å²) in [6.07, 6.45) is 2.28. The first-order valence-electron chi connectivity index (χ1n) is 6.32. The Labute approximate surface area is 108 Å². The summed E-state index contributed by atoms with van der Waals surface area (Å²) in [5.41, 5.74) is 5.64. The molecule has 7 heteroatoms. The SMILES string of the molecule is CCC1CCN(S(=O)(=O)CCC(=O)O)C(CN)C1. The van der Waals surface area contributed by atoms with Crippen molar-refractivity contribution in [2.75, 3.05) is 18.8 Å². The number of hydrogen-bond acceptors (Lipinski definition) is 4. The second-order valence-electron chi connectivity index (χ2n) is 4.76. The normalized spacial score (nSPS) is 26.1. The number of nitrogens with zero attached hydrogens (tertiary/aromatic N) is 1. The van der Waals surface area contributed by atoms with Gasteiger partial charge in [-0.1, -0.05) is 13.3 Å². The lowest BCUT2D eigenvalue weighted by Crippen LogP contribution is -2.50. The van der Waals surface area contributed by atoms with Crippen molar-refractivity contribution in [1.29, 1.82) is 0 Å². The summed E-state index contributed by atoms with van der Waals surface area (Å²) >= 11 is 0. The van der Waals surface area contributed by atoms with Crippen LogP contribution in [0.5, 0.6) is 0 Å². The number of aliphatic carboxylic acids is 1. The van der Waals surface area contributed by atoms with Gasteiger partial charge < -0.3 is 10.8 Å². The lowest BCUT2D eigenvalue weighted by atomic mass is 9.90. The van der Waals surface area contributed by atoms with E-state index in [2.05, 4.69) is 6.92 Å². The molecule has 1 heterocycles. The fourth-order valence-corrected chi connectivity index (χ4v) is 4.07. The van der Waals surface area contributed by atoms with Gasteiger partial charge in [0.15, 0.2) is 0 Å². The van der Waals surface area contributed by atoms with E-state index in [1.54, 1.807) is 0 Å². The molecule has 0 aromatic heterocycles. The minimum atomic E-state index is -3.50. The number of rotatable bonds is 6. The van der Waals surface area contributed by atoms with Gasteiger partial charge in [-0.05, 0) is 18.8 Å². The molecule has 0 saturated carbocycles. The molecule has 3 N–H and O–H groups in total. The quantitative estimate of drug-likeness (QED) is 0.725. The van der Waals surface area contributed by atoms with Crippen molar-refractivity contribution in [1.82, 2.24) is 4.31 Å². The minimum absolute atomic E-state index is 0.178. The molecule has 1 aliphatic rings. The van der Waals surface area contributed by atoms with E-state index >= 15 is 0 Å². The van der Waals surface area contributed by atoms with Gasteiger partial charge in [-0.25, -0.2) is 8.42 Å². The van der Waals surface area contributed by atoms with E-state index in [4.69, 9.17) is 10.8 Å². The number of carboxylic acids is 1. The third-order valence-corrected chi connectivity index (χ3v) is 5.47. The van der Waals surface area contributed by atoms with Crippen LogP contribution in [0.2, 0.25) is 0 Å². The Hall–Kier alpha value is -0.660. The molecule has 18 heavy (non-hydrogen) atoms. The van der Waals surface area contributed by atoms with Crippen LogP contribution in [0.25, 0.3) is 0 Å². The number of carboxylic acid groups (broad SMARTS) is 1. The largest absolute Gasteiger partial charge is 0.481 e. The zero-order valence-electron chi connectivity index (χ0n) is 10.7. The van der Waals surface area contributed by atoms with E-state index in [0.29, 0.717) is 19.0 Å². The molecular formula is C11H22N2O4S. The van der Waals surface area contributed by atoms with E-state index < -0.39 is 16.0 Å². The maximum Gasteiger partial charge on any atom is 0.304 e. The molecule has 0 spiro atoms. The minimum Gasteiger partial charge on any atom is -0.481 e. The fourth-order valence-electron chi connectivity index (χ4n) is 2.40. The van der Waals surface area contributed by atoms with E-state index in [9.17, 15) is 13.2 Å². The maximum absolute atomic E-state index is 12.1. The van der Waals surface area contributed by atoms with Gasteiger partial charge in [-0.3, -0.25) is 4.79 Å². The van der Waals surface area contributed by atoms with Crippen molar-refractivity contribution in [3.63, 3.8) is 0 Å². The number of carbonyl (C=O) groups is 1. The van der Waals surface area contributed by atoms with Crippen LogP contribution in [0.4, 0.5) is 0 Å². The predicted octanol–water partition coefficient (Wildman–Crippen LogP) is 0.240. The number of nitrogens with two attached hydrogens (primary N) is 1. The summed E-state index contributed by atoms with van der Waals surface area (Å²) < 4.78 is 25.5. The smallest absolute Gasteiger partial charge is 0.304 e. The summed E-state index contributed by atoms with van der Waals surface area (Å²) in [5, 5.41) is 8.57. The maximum atomic E-state index is 12.1. The first-order valence-corrected chi connectivity index (χ1v) is 7.93. The third-order valence-electron chi connectivity index (χ3n) is 3.55. The predicted molar refractivity (Wildman–Crippen MR) is 68.6 cm³/mol. The average molecular weight is 278 g/mol.